The van der Waals surface area contributed by atoms with Crippen molar-refractivity contribution < 1.29 is 9.31 Å². The molecule has 4 fully saturated rings. The molecule has 114 valence electrons. The summed E-state index contributed by atoms with van der Waals surface area (Å²) in [6.45, 7) is 13.7. The molecule has 0 amide bonds. The zero-order valence-corrected chi connectivity index (χ0v) is 13.9. The highest BCUT2D eigenvalue weighted by atomic mass is 16.7. The highest BCUT2D eigenvalue weighted by Crippen LogP contribution is 2.65. The molecule has 1 aliphatic heterocycles. The van der Waals surface area contributed by atoms with Gasteiger partial charge in [-0.1, -0.05) is 34.6 Å². The first-order valence-electron chi connectivity index (χ1n) is 8.13. The Morgan fingerprint density at radius 1 is 1.25 bits per heavy atom. The lowest BCUT2D eigenvalue weighted by molar-refractivity contribution is -0.199. The Hall–Kier alpha value is -0.0551. The molecular formula is C16H30BNO2. The Kier molecular flexibility index (Phi) is 3.15. The van der Waals surface area contributed by atoms with Crippen LogP contribution in [0, 0.1) is 22.7 Å². The van der Waals surface area contributed by atoms with Gasteiger partial charge in [0.1, 0.15) is 0 Å². The molecule has 20 heavy (non-hydrogen) atoms. The highest BCUT2D eigenvalue weighted by molar-refractivity contribution is 6.47. The average Bonchev–Trinajstić information content (AvgIpc) is 2.63. The maximum Gasteiger partial charge on any atom is 0.475 e. The fraction of sp³-hybridized carbons (Fsp3) is 1.00. The van der Waals surface area contributed by atoms with Crippen molar-refractivity contribution in [2.45, 2.75) is 78.5 Å². The molecule has 2 N–H and O–H groups in total. The third kappa shape index (κ3) is 2.07. The van der Waals surface area contributed by atoms with E-state index in [1.165, 1.54) is 6.42 Å². The summed E-state index contributed by atoms with van der Waals surface area (Å²) in [5.41, 5.74) is 6.84. The van der Waals surface area contributed by atoms with E-state index in [9.17, 15) is 0 Å². The molecule has 4 rings (SSSR count). The van der Waals surface area contributed by atoms with Crippen LogP contribution < -0.4 is 5.73 Å². The Balaban J connectivity index is 1.73. The highest BCUT2D eigenvalue weighted by Gasteiger charge is 2.68. The molecule has 0 radical (unpaired) electrons. The van der Waals surface area contributed by atoms with Gasteiger partial charge in [0.15, 0.2) is 0 Å². The Morgan fingerprint density at radius 3 is 2.45 bits per heavy atom. The summed E-state index contributed by atoms with van der Waals surface area (Å²) >= 11 is 0. The molecule has 3 saturated carbocycles. The first-order valence-corrected chi connectivity index (χ1v) is 8.13. The molecule has 3 aliphatic carbocycles. The van der Waals surface area contributed by atoms with Crippen molar-refractivity contribution in [2.24, 2.45) is 28.4 Å². The standard InChI is InChI=1S/C16H30BNO2/c1-14(2,3)9-13(18)17-19-12-8-10-7-11(15(10,4)5)16(12,6)20-17/h10-13H,7-9,18H2,1-6H3/t10-,11-,12+,13?,16-/m0/s1. The normalized spacial score (nSPS) is 44.0. The van der Waals surface area contributed by atoms with Crippen molar-refractivity contribution in [3.63, 3.8) is 0 Å². The van der Waals surface area contributed by atoms with E-state index in [2.05, 4.69) is 41.5 Å². The van der Waals surface area contributed by atoms with E-state index in [0.717, 1.165) is 18.8 Å². The second kappa shape index (κ2) is 4.24. The van der Waals surface area contributed by atoms with Gasteiger partial charge in [0.25, 0.3) is 0 Å². The van der Waals surface area contributed by atoms with Gasteiger partial charge in [-0.15, -0.1) is 0 Å². The zero-order chi connectivity index (χ0) is 14.9. The summed E-state index contributed by atoms with van der Waals surface area (Å²) in [6.07, 6.45) is 3.61. The van der Waals surface area contributed by atoms with Crippen LogP contribution in [-0.2, 0) is 9.31 Å². The Bertz CT molecular complexity index is 406. The topological polar surface area (TPSA) is 44.5 Å². The molecule has 3 nitrogen and oxygen atoms in total. The fourth-order valence-corrected chi connectivity index (χ4v) is 4.89. The van der Waals surface area contributed by atoms with Gasteiger partial charge in [-0.25, -0.2) is 0 Å². The molecule has 4 heteroatoms. The van der Waals surface area contributed by atoms with Gasteiger partial charge in [-0.2, -0.15) is 0 Å². The van der Waals surface area contributed by atoms with Gasteiger partial charge < -0.3 is 15.0 Å². The summed E-state index contributed by atoms with van der Waals surface area (Å²) in [7, 11) is -0.223. The summed E-state index contributed by atoms with van der Waals surface area (Å²) < 4.78 is 12.6. The minimum atomic E-state index is -0.223. The first-order chi connectivity index (χ1) is 9.04. The third-order valence-corrected chi connectivity index (χ3v) is 6.17. The van der Waals surface area contributed by atoms with Gasteiger partial charge >= 0.3 is 7.12 Å². The molecule has 5 atom stereocenters. The third-order valence-electron chi connectivity index (χ3n) is 6.17. The van der Waals surface area contributed by atoms with Crippen LogP contribution >= 0.6 is 0 Å². The SMILES string of the molecule is CC(C)(C)CC(N)B1O[C@@H]2C[C@@H]3C[C@@H](C3(C)C)[C@]2(C)O1. The van der Waals surface area contributed by atoms with Crippen LogP contribution in [0.2, 0.25) is 0 Å². The molecule has 0 aromatic heterocycles. The van der Waals surface area contributed by atoms with Gasteiger partial charge in [0.2, 0.25) is 0 Å². The molecular weight excluding hydrogens is 249 g/mol. The van der Waals surface area contributed by atoms with E-state index >= 15 is 0 Å². The average molecular weight is 279 g/mol. The van der Waals surface area contributed by atoms with Crippen molar-refractivity contribution >= 4 is 7.12 Å². The maximum atomic E-state index is 6.40. The monoisotopic (exact) mass is 279 g/mol. The molecule has 1 saturated heterocycles. The predicted molar refractivity (Wildman–Crippen MR) is 82.2 cm³/mol. The van der Waals surface area contributed by atoms with E-state index in [-0.39, 0.29) is 30.2 Å². The van der Waals surface area contributed by atoms with E-state index in [1.54, 1.807) is 0 Å². The lowest BCUT2D eigenvalue weighted by Gasteiger charge is -2.64. The molecule has 0 spiro atoms. The smallest absolute Gasteiger partial charge is 0.404 e. The minimum Gasteiger partial charge on any atom is -0.404 e. The number of nitrogens with two attached hydrogens (primary N) is 1. The first kappa shape index (κ1) is 14.9. The minimum absolute atomic E-state index is 0.0299. The van der Waals surface area contributed by atoms with Crippen molar-refractivity contribution in [3.05, 3.63) is 0 Å². The number of rotatable bonds is 2. The lowest BCUT2D eigenvalue weighted by Crippen LogP contribution is -2.65. The van der Waals surface area contributed by atoms with Crippen LogP contribution in [0.25, 0.3) is 0 Å². The van der Waals surface area contributed by atoms with Crippen molar-refractivity contribution in [1.29, 1.82) is 0 Å². The molecule has 1 unspecified atom stereocenters. The second-order valence-electron chi connectivity index (χ2n) is 9.27. The van der Waals surface area contributed by atoms with E-state index in [1.807, 2.05) is 0 Å². The summed E-state index contributed by atoms with van der Waals surface area (Å²) in [5, 5.41) is 0. The van der Waals surface area contributed by atoms with E-state index in [0.29, 0.717) is 11.3 Å². The van der Waals surface area contributed by atoms with Gasteiger partial charge in [-0.3, -0.25) is 0 Å². The van der Waals surface area contributed by atoms with Gasteiger partial charge in [-0.05, 0) is 48.9 Å². The van der Waals surface area contributed by atoms with Crippen LogP contribution in [0.1, 0.15) is 60.8 Å². The van der Waals surface area contributed by atoms with Gasteiger partial charge in [0.05, 0.1) is 11.7 Å². The van der Waals surface area contributed by atoms with Crippen molar-refractivity contribution in [2.75, 3.05) is 0 Å². The molecule has 0 aromatic carbocycles. The summed E-state index contributed by atoms with van der Waals surface area (Å²) in [6, 6.07) is 0. The van der Waals surface area contributed by atoms with Crippen molar-refractivity contribution in [1.82, 2.24) is 0 Å². The quantitative estimate of drug-likeness (QED) is 0.790. The van der Waals surface area contributed by atoms with Crippen LogP contribution in [0.4, 0.5) is 0 Å². The summed E-state index contributed by atoms with van der Waals surface area (Å²) in [4.78, 5) is 0. The Morgan fingerprint density at radius 2 is 1.90 bits per heavy atom. The van der Waals surface area contributed by atoms with E-state index < -0.39 is 0 Å². The van der Waals surface area contributed by atoms with Crippen LogP contribution in [0.15, 0.2) is 0 Å². The maximum absolute atomic E-state index is 6.40. The van der Waals surface area contributed by atoms with Crippen LogP contribution in [0.3, 0.4) is 0 Å². The van der Waals surface area contributed by atoms with Gasteiger partial charge in [0, 0.05) is 5.94 Å². The molecule has 4 aliphatic rings. The fourth-order valence-electron chi connectivity index (χ4n) is 4.89. The predicted octanol–water partition coefficient (Wildman–Crippen LogP) is 3.02. The lowest BCUT2D eigenvalue weighted by atomic mass is 9.43. The van der Waals surface area contributed by atoms with Crippen LogP contribution in [-0.4, -0.2) is 24.8 Å². The Labute approximate surface area is 124 Å². The van der Waals surface area contributed by atoms with Crippen molar-refractivity contribution in [3.8, 4) is 0 Å². The molecule has 0 aromatic rings. The number of hydrogen-bond acceptors (Lipinski definition) is 3. The molecule has 2 bridgehead atoms. The van der Waals surface area contributed by atoms with E-state index in [4.69, 9.17) is 15.0 Å². The largest absolute Gasteiger partial charge is 0.475 e. The van der Waals surface area contributed by atoms with Crippen LogP contribution in [0.5, 0.6) is 0 Å². The molecule has 1 heterocycles. The second-order valence-corrected chi connectivity index (χ2v) is 9.27. The number of hydrogen-bond donors (Lipinski definition) is 1. The summed E-state index contributed by atoms with van der Waals surface area (Å²) in [5.74, 6) is 1.38. The zero-order valence-electron chi connectivity index (χ0n) is 13.9.